The molecular formula is Au11Cl3. The number of hydrogen-bond acceptors (Lipinski definition) is 0. The van der Waals surface area contributed by atoms with E-state index >= 15 is 0 Å². The fourth-order valence-electron chi connectivity index (χ4n) is 0. The van der Waals surface area contributed by atoms with Crippen LogP contribution in [0.2, 0.25) is 0 Å². The summed E-state index contributed by atoms with van der Waals surface area (Å²) in [6.45, 7) is 0. The molecule has 0 bridgehead atoms. The Kier molecular flexibility index (Phi) is 372. The van der Waals surface area contributed by atoms with Gasteiger partial charge in [0.2, 0.25) is 0 Å². The molecule has 0 saturated carbocycles. The van der Waals surface area contributed by atoms with Gasteiger partial charge in [-0.25, -0.2) is 0 Å². The topological polar surface area (TPSA) is 0 Å². The van der Waals surface area contributed by atoms with Gasteiger partial charge in [0.05, 0.1) is 0 Å². The molecule has 0 aliphatic heterocycles. The minimum absolute atomic E-state index is 0. The first-order valence-electron chi connectivity index (χ1n) is 0.342. The van der Waals surface area contributed by atoms with E-state index in [1.165, 1.54) is 0 Å². The van der Waals surface area contributed by atoms with Gasteiger partial charge < -0.3 is 0 Å². The summed E-state index contributed by atoms with van der Waals surface area (Å²) < 4.78 is 0. The van der Waals surface area contributed by atoms with Crippen LogP contribution in [0.1, 0.15) is 0 Å². The van der Waals surface area contributed by atoms with Crippen LogP contribution in [-0.2, 0) is 239 Å². The summed E-state index contributed by atoms with van der Waals surface area (Å²) in [6, 6.07) is 0. The van der Waals surface area contributed by atoms with Gasteiger partial charge in [0, 0.05) is 224 Å². The molecule has 0 unspecified atom stereocenters. The number of halogens is 3. The zero-order valence-electron chi connectivity index (χ0n) is 4.45. The number of rotatable bonds is 0. The van der Waals surface area contributed by atoms with Crippen molar-refractivity contribution in [3.05, 3.63) is 0 Å². The summed E-state index contributed by atoms with van der Waals surface area (Å²) in [6.07, 6.45) is 0. The van der Waals surface area contributed by atoms with Gasteiger partial charge in [-0.3, -0.25) is 0 Å². The van der Waals surface area contributed by atoms with Crippen molar-refractivity contribution in [2.75, 3.05) is 0 Å². The van der Waals surface area contributed by atoms with Crippen LogP contribution in [0.5, 0.6) is 0 Å². The van der Waals surface area contributed by atoms with Crippen molar-refractivity contribution in [2.24, 2.45) is 0 Å². The van der Waals surface area contributed by atoms with E-state index in [9.17, 15) is 0 Å². The second-order valence-electron chi connectivity index (χ2n) is 0.129. The van der Waals surface area contributed by atoms with Crippen molar-refractivity contribution in [2.45, 2.75) is 0 Å². The average Bonchev–Trinajstić information content (AvgIpc) is 0.811. The van der Waals surface area contributed by atoms with Gasteiger partial charge in [0.25, 0.3) is 0 Å². The molecule has 0 aromatic heterocycles. The molecule has 0 aromatic carbocycles. The van der Waals surface area contributed by atoms with Crippen LogP contribution in [-0.4, -0.2) is 0 Å². The SMILES string of the molecule is [Au].[Au].[Au].[Au].[Au].[Au].[Au].[Au].[Au].[Au].[Cl][Au]([Cl])[Cl]. The fourth-order valence-corrected chi connectivity index (χ4v) is 0. The van der Waals surface area contributed by atoms with Crippen LogP contribution >= 0.6 is 27.6 Å². The molecule has 0 spiro atoms. The molecular weight excluding hydrogens is 2270 g/mol. The van der Waals surface area contributed by atoms with E-state index in [2.05, 4.69) is 0 Å². The third-order valence-electron chi connectivity index (χ3n) is 0. The van der Waals surface area contributed by atoms with Gasteiger partial charge in [0.15, 0.2) is 0 Å². The Morgan fingerprint density at radius 3 is 0.357 bits per heavy atom. The average molecular weight is 2270 g/mol. The van der Waals surface area contributed by atoms with E-state index in [-0.39, 0.29) is 224 Å². The van der Waals surface area contributed by atoms with Crippen LogP contribution < -0.4 is 0 Å². The normalized spacial score (nSPS) is 3.21. The molecule has 0 aromatic rings. The Morgan fingerprint density at radius 1 is 0.357 bits per heavy atom. The quantitative estimate of drug-likeness (QED) is 0.327. The maximum atomic E-state index is 4.95. The van der Waals surface area contributed by atoms with E-state index < -0.39 is 15.2 Å². The Morgan fingerprint density at radius 2 is 0.357 bits per heavy atom. The van der Waals surface area contributed by atoms with Crippen LogP contribution in [0.25, 0.3) is 0 Å². The molecule has 0 saturated heterocycles. The van der Waals surface area contributed by atoms with Crippen molar-refractivity contribution in [3.63, 3.8) is 0 Å². The second kappa shape index (κ2) is 67.4. The Hall–Kier alpha value is 9.01. The monoisotopic (exact) mass is 2270 g/mol. The predicted molar refractivity (Wildman–Crippen MR) is 17.6 cm³/mol. The molecule has 0 rings (SSSR count). The van der Waals surface area contributed by atoms with Gasteiger partial charge in [-0.2, -0.15) is 0 Å². The van der Waals surface area contributed by atoms with Gasteiger partial charge in [-0.1, -0.05) is 0 Å². The molecule has 0 nitrogen and oxygen atoms in total. The van der Waals surface area contributed by atoms with E-state index in [0.717, 1.165) is 0 Å². The van der Waals surface area contributed by atoms with E-state index in [1.54, 1.807) is 0 Å². The fraction of sp³-hybridized carbons (Fsp3) is 0. The van der Waals surface area contributed by atoms with Crippen LogP contribution in [0.4, 0.5) is 0 Å². The molecule has 0 aliphatic carbocycles. The van der Waals surface area contributed by atoms with Gasteiger partial charge in [0.1, 0.15) is 0 Å². The van der Waals surface area contributed by atoms with Crippen molar-refractivity contribution in [1.82, 2.24) is 0 Å². The van der Waals surface area contributed by atoms with Crippen molar-refractivity contribution in [3.8, 4) is 0 Å². The van der Waals surface area contributed by atoms with Crippen LogP contribution in [0.15, 0.2) is 0 Å². The van der Waals surface area contributed by atoms with Gasteiger partial charge in [-0.05, 0) is 0 Å². The molecule has 10 radical (unpaired) electrons. The summed E-state index contributed by atoms with van der Waals surface area (Å²) in [5.41, 5.74) is 0. The Bertz CT molecular complexity index is 15.2. The summed E-state index contributed by atoms with van der Waals surface area (Å²) >= 11 is -1.79. The third-order valence-corrected chi connectivity index (χ3v) is 0. The third kappa shape index (κ3) is 104. The molecule has 142 valence electrons. The van der Waals surface area contributed by atoms with Crippen molar-refractivity contribution < 1.29 is 239 Å². The first-order valence-corrected chi connectivity index (χ1v) is 8.40. The van der Waals surface area contributed by atoms with E-state index in [1.807, 2.05) is 0 Å². The van der Waals surface area contributed by atoms with Crippen molar-refractivity contribution >= 4 is 27.6 Å². The van der Waals surface area contributed by atoms with Gasteiger partial charge >= 0.3 is 42.8 Å². The second-order valence-corrected chi connectivity index (χ2v) is 9.52. The number of hydrogen-bond donors (Lipinski definition) is 0. The van der Waals surface area contributed by atoms with E-state index in [4.69, 9.17) is 27.6 Å². The Labute approximate surface area is 259 Å². The summed E-state index contributed by atoms with van der Waals surface area (Å²) in [5, 5.41) is 0. The van der Waals surface area contributed by atoms with Crippen LogP contribution in [0.3, 0.4) is 0 Å². The molecule has 0 amide bonds. The summed E-state index contributed by atoms with van der Waals surface area (Å²) in [5.74, 6) is 0. The molecule has 0 atom stereocenters. The summed E-state index contributed by atoms with van der Waals surface area (Å²) in [4.78, 5) is 0. The maximum absolute atomic E-state index is 4.95. The predicted octanol–water partition coefficient (Wildman–Crippen LogP) is 2.04. The molecule has 0 aliphatic rings. The first kappa shape index (κ1) is 77.3. The standard InChI is InChI=1S/11Au.3ClH/h;;;;;;;;;;;3*1H/q;;;;;;;;;;+3;;;/p-3. The summed E-state index contributed by atoms with van der Waals surface area (Å²) in [7, 11) is 14.9. The molecule has 14 heteroatoms. The molecule has 0 fully saturated rings. The molecule has 0 N–H and O–H groups in total. The molecule has 14 heavy (non-hydrogen) atoms. The van der Waals surface area contributed by atoms with E-state index in [0.29, 0.717) is 0 Å². The van der Waals surface area contributed by atoms with Gasteiger partial charge in [-0.15, -0.1) is 0 Å². The molecule has 0 heterocycles. The first-order chi connectivity index (χ1) is 1.73. The van der Waals surface area contributed by atoms with Crippen LogP contribution in [0, 0.1) is 0 Å². The minimum atomic E-state index is -1.79. The zero-order valence-corrected chi connectivity index (χ0v) is 30.5. The van der Waals surface area contributed by atoms with Crippen molar-refractivity contribution in [1.29, 1.82) is 0 Å². The zero-order chi connectivity index (χ0) is 3.58. The Balaban J connectivity index is -0.000000001000.